The summed E-state index contributed by atoms with van der Waals surface area (Å²) in [6.45, 7) is 4.49. The molecular weight excluding hydrogens is 328 g/mol. The Morgan fingerprint density at radius 2 is 2.29 bits per heavy atom. The molecule has 0 unspecified atom stereocenters. The zero-order valence-corrected chi connectivity index (χ0v) is 14.4. The summed E-state index contributed by atoms with van der Waals surface area (Å²) < 4.78 is 6.85. The number of methoxy groups -OCH3 is 1. The van der Waals surface area contributed by atoms with Gasteiger partial charge in [-0.25, -0.2) is 0 Å². The molecule has 0 fully saturated rings. The van der Waals surface area contributed by atoms with Crippen molar-refractivity contribution in [3.63, 3.8) is 0 Å². The molecule has 1 aromatic heterocycles. The minimum Gasteiger partial charge on any atom is -0.497 e. The van der Waals surface area contributed by atoms with E-state index in [4.69, 9.17) is 16.3 Å². The molecule has 0 aliphatic carbocycles. The highest BCUT2D eigenvalue weighted by molar-refractivity contribution is 6.34. The van der Waals surface area contributed by atoms with Crippen molar-refractivity contribution in [1.82, 2.24) is 9.78 Å². The molecule has 0 radical (unpaired) electrons. The average Bonchev–Trinajstić information content (AvgIpc) is 2.94. The van der Waals surface area contributed by atoms with Gasteiger partial charge in [0.2, 0.25) is 0 Å². The number of halogens is 1. The Morgan fingerprint density at radius 1 is 1.54 bits per heavy atom. The van der Waals surface area contributed by atoms with Gasteiger partial charge in [0.15, 0.2) is 0 Å². The monoisotopic (exact) mass is 344 g/mol. The van der Waals surface area contributed by atoms with Crippen LogP contribution < -0.4 is 10.1 Å². The Labute approximate surface area is 145 Å². The second-order valence-corrected chi connectivity index (χ2v) is 5.40. The fraction of sp³-hybridized carbons (Fsp3) is 0.235. The average molecular weight is 345 g/mol. The summed E-state index contributed by atoms with van der Waals surface area (Å²) in [6.07, 6.45) is 3.30. The van der Waals surface area contributed by atoms with Crippen molar-refractivity contribution >= 4 is 29.3 Å². The first-order chi connectivity index (χ1) is 11.5. The molecule has 0 spiro atoms. The first-order valence-electron chi connectivity index (χ1n) is 7.29. The van der Waals surface area contributed by atoms with Gasteiger partial charge in [-0.1, -0.05) is 11.6 Å². The molecule has 1 aromatic carbocycles. The third-order valence-corrected chi connectivity index (χ3v) is 3.72. The van der Waals surface area contributed by atoms with Crippen LogP contribution in [0.5, 0.6) is 5.75 Å². The molecule has 1 amide bonds. The summed E-state index contributed by atoms with van der Waals surface area (Å²) in [6, 6.07) is 6.80. The smallest absolute Gasteiger partial charge is 0.266 e. The van der Waals surface area contributed by atoms with E-state index in [2.05, 4.69) is 10.4 Å². The van der Waals surface area contributed by atoms with Crippen LogP contribution in [0.4, 0.5) is 5.69 Å². The van der Waals surface area contributed by atoms with Gasteiger partial charge in [-0.05, 0) is 32.1 Å². The molecular formula is C17H17ClN4O2. The van der Waals surface area contributed by atoms with Crippen molar-refractivity contribution in [3.8, 4) is 11.8 Å². The highest BCUT2D eigenvalue weighted by atomic mass is 35.5. The number of carbonyl (C=O) groups is 1. The van der Waals surface area contributed by atoms with Crippen molar-refractivity contribution in [3.05, 3.63) is 46.2 Å². The Morgan fingerprint density at radius 3 is 2.88 bits per heavy atom. The molecule has 0 aliphatic rings. The third kappa shape index (κ3) is 3.94. The maximum atomic E-state index is 12.4. The Bertz CT molecular complexity index is 834. The lowest BCUT2D eigenvalue weighted by Crippen LogP contribution is -2.13. The Hall–Kier alpha value is -2.78. The lowest BCUT2D eigenvalue weighted by molar-refractivity contribution is -0.112. The minimum absolute atomic E-state index is 0.0346. The van der Waals surface area contributed by atoms with Gasteiger partial charge in [-0.15, -0.1) is 0 Å². The zero-order valence-electron chi connectivity index (χ0n) is 13.6. The summed E-state index contributed by atoms with van der Waals surface area (Å²) in [7, 11) is 1.52. The van der Waals surface area contributed by atoms with Crippen LogP contribution in [-0.4, -0.2) is 22.8 Å². The predicted octanol–water partition coefficient (Wildman–Crippen LogP) is 3.42. The number of nitrogens with one attached hydrogen (secondary N) is 1. The predicted molar refractivity (Wildman–Crippen MR) is 92.9 cm³/mol. The van der Waals surface area contributed by atoms with Gasteiger partial charge in [-0.2, -0.15) is 10.4 Å². The first kappa shape index (κ1) is 17.6. The van der Waals surface area contributed by atoms with Gasteiger partial charge in [0.05, 0.1) is 23.5 Å². The standard InChI is InChI=1S/C17H17ClN4O2/c1-4-22-10-13(11(2)21-22)7-12(9-19)17(23)20-16-8-14(24-3)5-6-15(16)18/h5-8,10H,4H2,1-3H3,(H,20,23)/b12-7+. The molecule has 0 aliphatic heterocycles. The van der Waals surface area contributed by atoms with Crippen LogP contribution in [0.25, 0.3) is 6.08 Å². The quantitative estimate of drug-likeness (QED) is 0.665. The molecule has 2 rings (SSSR count). The van der Waals surface area contributed by atoms with Crippen LogP contribution in [0, 0.1) is 18.3 Å². The van der Waals surface area contributed by atoms with Crippen LogP contribution >= 0.6 is 11.6 Å². The fourth-order valence-electron chi connectivity index (χ4n) is 2.06. The maximum absolute atomic E-state index is 12.4. The number of nitrogens with zero attached hydrogens (tertiary/aromatic N) is 3. The molecule has 0 saturated carbocycles. The van der Waals surface area contributed by atoms with Crippen LogP contribution in [0.2, 0.25) is 5.02 Å². The van der Waals surface area contributed by atoms with Gasteiger partial charge in [0.25, 0.3) is 5.91 Å². The van der Waals surface area contributed by atoms with E-state index in [0.29, 0.717) is 23.0 Å². The van der Waals surface area contributed by atoms with E-state index in [1.165, 1.54) is 13.2 Å². The highest BCUT2D eigenvalue weighted by Gasteiger charge is 2.13. The summed E-state index contributed by atoms with van der Waals surface area (Å²) in [5.41, 5.74) is 1.81. The van der Waals surface area contributed by atoms with Crippen LogP contribution in [-0.2, 0) is 11.3 Å². The number of hydrogen-bond donors (Lipinski definition) is 1. The fourth-order valence-corrected chi connectivity index (χ4v) is 2.22. The molecule has 6 nitrogen and oxygen atoms in total. The van der Waals surface area contributed by atoms with E-state index >= 15 is 0 Å². The van der Waals surface area contributed by atoms with Gasteiger partial charge in [0.1, 0.15) is 17.4 Å². The molecule has 1 N–H and O–H groups in total. The van der Waals surface area contributed by atoms with E-state index in [1.54, 1.807) is 29.1 Å². The van der Waals surface area contributed by atoms with Crippen LogP contribution in [0.1, 0.15) is 18.2 Å². The van der Waals surface area contributed by atoms with Crippen molar-refractivity contribution in [2.24, 2.45) is 0 Å². The number of aromatic nitrogens is 2. The number of rotatable bonds is 5. The van der Waals surface area contributed by atoms with Crippen molar-refractivity contribution in [2.45, 2.75) is 20.4 Å². The number of anilines is 1. The van der Waals surface area contributed by atoms with Crippen molar-refractivity contribution in [1.29, 1.82) is 5.26 Å². The van der Waals surface area contributed by atoms with E-state index in [1.807, 2.05) is 19.9 Å². The molecule has 24 heavy (non-hydrogen) atoms. The minimum atomic E-state index is -0.545. The SMILES string of the molecule is CCn1cc(/C=C(\C#N)C(=O)Nc2cc(OC)ccc2Cl)c(C)n1. The van der Waals surface area contributed by atoms with Crippen LogP contribution in [0.3, 0.4) is 0 Å². The van der Waals surface area contributed by atoms with Gasteiger partial charge in [-0.3, -0.25) is 9.48 Å². The number of hydrogen-bond acceptors (Lipinski definition) is 4. The second kappa shape index (κ2) is 7.66. The normalized spacial score (nSPS) is 11.0. The van der Waals surface area contributed by atoms with E-state index < -0.39 is 5.91 Å². The second-order valence-electron chi connectivity index (χ2n) is 5.00. The first-order valence-corrected chi connectivity index (χ1v) is 7.67. The molecule has 0 atom stereocenters. The molecule has 2 aromatic rings. The summed E-state index contributed by atoms with van der Waals surface area (Å²) in [5.74, 6) is 0.00792. The maximum Gasteiger partial charge on any atom is 0.266 e. The van der Waals surface area contributed by atoms with Crippen LogP contribution in [0.15, 0.2) is 30.0 Å². The highest BCUT2D eigenvalue weighted by Crippen LogP contribution is 2.27. The molecule has 7 heteroatoms. The van der Waals surface area contributed by atoms with Gasteiger partial charge >= 0.3 is 0 Å². The summed E-state index contributed by atoms with van der Waals surface area (Å²) in [4.78, 5) is 12.4. The van der Waals surface area contributed by atoms with E-state index in [0.717, 1.165) is 11.3 Å². The lowest BCUT2D eigenvalue weighted by Gasteiger charge is -2.08. The molecule has 1 heterocycles. The van der Waals surface area contributed by atoms with Crippen molar-refractivity contribution in [2.75, 3.05) is 12.4 Å². The third-order valence-electron chi connectivity index (χ3n) is 3.39. The topological polar surface area (TPSA) is 79.9 Å². The number of aryl methyl sites for hydroxylation is 2. The molecule has 0 saturated heterocycles. The zero-order chi connectivity index (χ0) is 17.7. The van der Waals surface area contributed by atoms with Gasteiger partial charge in [0, 0.05) is 24.4 Å². The van der Waals surface area contributed by atoms with E-state index in [9.17, 15) is 10.1 Å². The largest absolute Gasteiger partial charge is 0.497 e. The number of amides is 1. The summed E-state index contributed by atoms with van der Waals surface area (Å²) >= 11 is 6.07. The number of benzene rings is 1. The number of ether oxygens (including phenoxy) is 1. The lowest BCUT2D eigenvalue weighted by atomic mass is 10.1. The number of nitriles is 1. The Kier molecular flexibility index (Phi) is 5.61. The van der Waals surface area contributed by atoms with E-state index in [-0.39, 0.29) is 5.57 Å². The van der Waals surface area contributed by atoms with Gasteiger partial charge < -0.3 is 10.1 Å². The Balaban J connectivity index is 2.28. The summed E-state index contributed by atoms with van der Waals surface area (Å²) in [5, 5.41) is 16.6. The molecule has 124 valence electrons. The van der Waals surface area contributed by atoms with Crippen molar-refractivity contribution < 1.29 is 9.53 Å². The molecule has 0 bridgehead atoms. The number of carbonyl (C=O) groups excluding carboxylic acids is 1.